The van der Waals surface area contributed by atoms with Crippen molar-refractivity contribution < 1.29 is 22.5 Å². The maximum Gasteiger partial charge on any atom is 0.249 e. The number of halogens is 2. The molecule has 2 N–H and O–H groups in total. The molecule has 26 heavy (non-hydrogen) atoms. The molecule has 0 saturated heterocycles. The van der Waals surface area contributed by atoms with Gasteiger partial charge in [-0.25, -0.2) is 8.78 Å². The summed E-state index contributed by atoms with van der Waals surface area (Å²) in [6, 6.07) is 4.05. The van der Waals surface area contributed by atoms with E-state index in [0.29, 0.717) is 12.2 Å². The monoisotopic (exact) mass is 365 g/mol. The molecular formula is C18H21F2N3O3. The third-order valence-corrected chi connectivity index (χ3v) is 5.16. The molecule has 140 valence electrons. The Labute approximate surface area is 149 Å². The Kier molecular flexibility index (Phi) is 4.52. The molecule has 0 spiro atoms. The molecule has 6 nitrogen and oxygen atoms in total. The fraction of sp³-hybridized carbons (Fsp3) is 0.556. The highest BCUT2D eigenvalue weighted by Crippen LogP contribution is 2.42. The zero-order valence-electron chi connectivity index (χ0n) is 14.3. The summed E-state index contributed by atoms with van der Waals surface area (Å²) in [7, 11) is 0. The number of amides is 1. The van der Waals surface area contributed by atoms with E-state index in [0.717, 1.165) is 36.3 Å². The summed E-state index contributed by atoms with van der Waals surface area (Å²) >= 11 is 0. The number of carbonyl (C=O) groups excluding carboxylic acids is 1. The van der Waals surface area contributed by atoms with Crippen LogP contribution in [0.5, 0.6) is 0 Å². The molecule has 0 aromatic carbocycles. The fourth-order valence-electron chi connectivity index (χ4n) is 3.60. The lowest BCUT2D eigenvalue weighted by molar-refractivity contribution is -0.150. The maximum absolute atomic E-state index is 12.9. The van der Waals surface area contributed by atoms with Gasteiger partial charge < -0.3 is 19.6 Å². The van der Waals surface area contributed by atoms with Gasteiger partial charge in [-0.3, -0.25) is 4.79 Å². The Hall–Kier alpha value is -2.22. The van der Waals surface area contributed by atoms with E-state index < -0.39 is 11.8 Å². The minimum Gasteiger partial charge on any atom is -0.468 e. The Balaban J connectivity index is 1.31. The van der Waals surface area contributed by atoms with Gasteiger partial charge in [0.15, 0.2) is 0 Å². The van der Waals surface area contributed by atoms with Crippen LogP contribution in [-0.2, 0) is 30.7 Å². The van der Waals surface area contributed by atoms with Crippen molar-refractivity contribution in [3.63, 3.8) is 0 Å². The van der Waals surface area contributed by atoms with Gasteiger partial charge in [-0.05, 0) is 25.0 Å². The number of carbonyl (C=O) groups is 1. The lowest BCUT2D eigenvalue weighted by atomic mass is 9.81. The van der Waals surface area contributed by atoms with Crippen LogP contribution in [0.25, 0.3) is 0 Å². The summed E-state index contributed by atoms with van der Waals surface area (Å²) in [4.78, 5) is 11.9. The molecular weight excluding hydrogens is 344 g/mol. The molecule has 2 aromatic rings. The van der Waals surface area contributed by atoms with Crippen LogP contribution in [0.3, 0.4) is 0 Å². The van der Waals surface area contributed by atoms with Gasteiger partial charge in [0, 0.05) is 36.8 Å². The minimum atomic E-state index is -2.69. The molecule has 1 saturated carbocycles. The van der Waals surface area contributed by atoms with Gasteiger partial charge in [0.2, 0.25) is 11.8 Å². The lowest BCUT2D eigenvalue weighted by Crippen LogP contribution is -2.44. The highest BCUT2D eigenvalue weighted by Gasteiger charge is 2.48. The molecule has 0 bridgehead atoms. The molecule has 0 aliphatic heterocycles. The normalized spacial score (nSPS) is 21.8. The summed E-state index contributed by atoms with van der Waals surface area (Å²) in [6.45, 7) is 0.866. The lowest BCUT2D eigenvalue weighted by Gasteiger charge is -2.33. The zero-order chi connectivity index (χ0) is 18.1. The van der Waals surface area contributed by atoms with Gasteiger partial charge in [0.05, 0.1) is 19.4 Å². The number of nitrogens with one attached hydrogen (secondary N) is 2. The van der Waals surface area contributed by atoms with Gasteiger partial charge >= 0.3 is 0 Å². The van der Waals surface area contributed by atoms with Crippen LogP contribution in [0, 0.1) is 5.92 Å². The Morgan fingerprint density at radius 3 is 2.92 bits per heavy atom. The fourth-order valence-corrected chi connectivity index (χ4v) is 3.60. The number of rotatable bonds is 6. The van der Waals surface area contributed by atoms with Gasteiger partial charge in [-0.1, -0.05) is 5.16 Å². The zero-order valence-corrected chi connectivity index (χ0v) is 14.3. The first kappa shape index (κ1) is 17.2. The molecule has 1 fully saturated rings. The van der Waals surface area contributed by atoms with Gasteiger partial charge in [0.25, 0.3) is 0 Å². The molecule has 1 unspecified atom stereocenters. The number of aryl methyl sites for hydroxylation is 1. The first-order valence-corrected chi connectivity index (χ1v) is 8.88. The molecule has 2 heterocycles. The van der Waals surface area contributed by atoms with Crippen molar-refractivity contribution in [2.75, 3.05) is 0 Å². The Morgan fingerprint density at radius 1 is 1.35 bits per heavy atom. The van der Waals surface area contributed by atoms with E-state index in [1.54, 1.807) is 6.26 Å². The van der Waals surface area contributed by atoms with Crippen molar-refractivity contribution in [1.82, 2.24) is 15.8 Å². The molecule has 1 atom stereocenters. The van der Waals surface area contributed by atoms with Crippen molar-refractivity contribution >= 4 is 5.91 Å². The average Bonchev–Trinajstić information content (AvgIpc) is 3.25. The molecule has 0 radical (unpaired) electrons. The molecule has 8 heteroatoms. The Bertz CT molecular complexity index is 765. The van der Waals surface area contributed by atoms with Crippen LogP contribution >= 0.6 is 0 Å². The summed E-state index contributed by atoms with van der Waals surface area (Å²) in [6.07, 6.45) is 3.39. The quantitative estimate of drug-likeness (QED) is 0.822. The van der Waals surface area contributed by atoms with E-state index in [1.807, 2.05) is 12.1 Å². The number of hydrogen-bond acceptors (Lipinski definition) is 5. The van der Waals surface area contributed by atoms with Crippen molar-refractivity contribution in [2.45, 2.75) is 57.2 Å². The highest BCUT2D eigenvalue weighted by molar-refractivity contribution is 5.79. The minimum absolute atomic E-state index is 0.213. The Morgan fingerprint density at radius 2 is 2.19 bits per heavy atom. The second kappa shape index (κ2) is 6.83. The van der Waals surface area contributed by atoms with E-state index >= 15 is 0 Å². The van der Waals surface area contributed by atoms with Crippen LogP contribution in [0.4, 0.5) is 8.78 Å². The van der Waals surface area contributed by atoms with Gasteiger partial charge in [-0.2, -0.15) is 0 Å². The smallest absolute Gasteiger partial charge is 0.249 e. The predicted molar refractivity (Wildman–Crippen MR) is 87.4 cm³/mol. The summed E-state index contributed by atoms with van der Waals surface area (Å²) in [5.74, 6) is -1.90. The van der Waals surface area contributed by atoms with Gasteiger partial charge in [-0.15, -0.1) is 0 Å². The average molecular weight is 365 g/mol. The van der Waals surface area contributed by atoms with Crippen molar-refractivity contribution in [3.05, 3.63) is 41.2 Å². The molecule has 2 aliphatic carbocycles. The van der Waals surface area contributed by atoms with Crippen LogP contribution in [0.2, 0.25) is 0 Å². The van der Waals surface area contributed by atoms with Crippen molar-refractivity contribution in [1.29, 1.82) is 0 Å². The summed E-state index contributed by atoms with van der Waals surface area (Å²) in [5, 5.41) is 10.2. The largest absolute Gasteiger partial charge is 0.468 e. The molecule has 2 aliphatic rings. The van der Waals surface area contributed by atoms with E-state index in [9.17, 15) is 13.6 Å². The van der Waals surface area contributed by atoms with E-state index in [-0.39, 0.29) is 31.3 Å². The topological polar surface area (TPSA) is 80.3 Å². The number of nitrogens with zero attached hydrogens (tertiary/aromatic N) is 1. The highest BCUT2D eigenvalue weighted by atomic mass is 19.3. The third-order valence-electron chi connectivity index (χ3n) is 5.16. The first-order chi connectivity index (χ1) is 12.5. The van der Waals surface area contributed by atoms with Crippen LogP contribution in [0.15, 0.2) is 27.3 Å². The number of aromatic nitrogens is 1. The second-order valence-electron chi connectivity index (χ2n) is 7.11. The summed E-state index contributed by atoms with van der Waals surface area (Å²) < 4.78 is 36.5. The number of alkyl halides is 2. The molecule has 1 amide bonds. The molecule has 2 aromatic heterocycles. The van der Waals surface area contributed by atoms with Crippen LogP contribution in [-0.4, -0.2) is 23.0 Å². The second-order valence-corrected chi connectivity index (χ2v) is 7.11. The third kappa shape index (κ3) is 3.65. The van der Waals surface area contributed by atoms with E-state index in [4.69, 9.17) is 8.94 Å². The summed E-state index contributed by atoms with van der Waals surface area (Å²) in [5.41, 5.74) is 1.69. The van der Waals surface area contributed by atoms with Gasteiger partial charge in [0.1, 0.15) is 17.2 Å². The van der Waals surface area contributed by atoms with Crippen LogP contribution in [0.1, 0.15) is 42.0 Å². The maximum atomic E-state index is 12.9. The number of fused-ring (bicyclic) bond motifs is 1. The SMILES string of the molecule is O=C(NCc1noc2c1CC(NCc1ccco1)CC2)C1CC(F)(F)C1. The standard InChI is InChI=1S/C18H21F2N3O3/c19-18(20)7-11(8-18)17(24)22-10-15-14-6-12(3-4-16(14)26-23-15)21-9-13-2-1-5-25-13/h1-2,5,11-12,21H,3-4,6-10H2,(H,22,24). The van der Waals surface area contributed by atoms with E-state index in [2.05, 4.69) is 15.8 Å². The van der Waals surface area contributed by atoms with Crippen LogP contribution < -0.4 is 10.6 Å². The predicted octanol–water partition coefficient (Wildman–Crippen LogP) is 2.58. The van der Waals surface area contributed by atoms with Crippen molar-refractivity contribution in [2.24, 2.45) is 5.92 Å². The first-order valence-electron chi connectivity index (χ1n) is 8.88. The van der Waals surface area contributed by atoms with Crippen molar-refractivity contribution in [3.8, 4) is 0 Å². The number of furan rings is 1. The number of hydrogen-bond donors (Lipinski definition) is 2. The molecule has 4 rings (SSSR count). The van der Waals surface area contributed by atoms with E-state index in [1.165, 1.54) is 0 Å².